The number of hydrogen-bond donors (Lipinski definition) is 0. The molecule has 20 heavy (non-hydrogen) atoms. The Morgan fingerprint density at radius 2 is 2.05 bits per heavy atom. The zero-order valence-electron chi connectivity index (χ0n) is 10.8. The molecular formula is C15H14BrClN2S. The summed E-state index contributed by atoms with van der Waals surface area (Å²) in [5.41, 5.74) is 2.44. The maximum Gasteiger partial charge on any atom is 0.193 e. The predicted molar refractivity (Wildman–Crippen MR) is 88.8 cm³/mol. The lowest BCUT2D eigenvalue weighted by molar-refractivity contribution is 0.577. The van der Waals surface area contributed by atoms with Crippen molar-refractivity contribution < 1.29 is 0 Å². The number of nitrogens with zero attached hydrogens (tertiary/aromatic N) is 2. The summed E-state index contributed by atoms with van der Waals surface area (Å²) in [6.45, 7) is 0. The molecule has 0 amide bonds. The third kappa shape index (κ3) is 3.25. The van der Waals surface area contributed by atoms with Crippen LogP contribution in [0, 0.1) is 5.92 Å². The van der Waals surface area contributed by atoms with Gasteiger partial charge in [0.05, 0.1) is 5.69 Å². The van der Waals surface area contributed by atoms with Crippen LogP contribution >= 0.6 is 38.9 Å². The molecule has 2 nitrogen and oxygen atoms in total. The van der Waals surface area contributed by atoms with Crippen LogP contribution in [0.1, 0.15) is 11.3 Å². The second-order valence-electron chi connectivity index (χ2n) is 4.88. The van der Waals surface area contributed by atoms with Gasteiger partial charge in [0, 0.05) is 28.1 Å². The monoisotopic (exact) mass is 368 g/mol. The van der Waals surface area contributed by atoms with Crippen molar-refractivity contribution >= 4 is 43.8 Å². The zero-order valence-corrected chi connectivity index (χ0v) is 14.0. The van der Waals surface area contributed by atoms with Crippen molar-refractivity contribution in [3.8, 4) is 0 Å². The first-order chi connectivity index (χ1) is 9.74. The summed E-state index contributed by atoms with van der Waals surface area (Å²) < 4.78 is 3.18. The number of imidazole rings is 1. The normalized spacial score (nSPS) is 12.9. The van der Waals surface area contributed by atoms with Crippen LogP contribution < -0.4 is 0 Å². The van der Waals surface area contributed by atoms with E-state index >= 15 is 0 Å². The van der Waals surface area contributed by atoms with Gasteiger partial charge in [0.2, 0.25) is 0 Å². The molecule has 0 radical (unpaired) electrons. The molecule has 2 heterocycles. The lowest BCUT2D eigenvalue weighted by Gasteiger charge is -2.12. The van der Waals surface area contributed by atoms with E-state index in [2.05, 4.69) is 55.8 Å². The Labute approximate surface area is 135 Å². The summed E-state index contributed by atoms with van der Waals surface area (Å²) in [7, 11) is 0. The Hall–Kier alpha value is -0.840. The largest absolute Gasteiger partial charge is 0.297 e. The Morgan fingerprint density at radius 1 is 1.25 bits per heavy atom. The van der Waals surface area contributed by atoms with Crippen molar-refractivity contribution in [2.24, 2.45) is 5.92 Å². The lowest BCUT2D eigenvalue weighted by atomic mass is 9.97. The van der Waals surface area contributed by atoms with Crippen LogP contribution in [0.5, 0.6) is 0 Å². The topological polar surface area (TPSA) is 17.3 Å². The Morgan fingerprint density at radius 3 is 2.75 bits per heavy atom. The molecule has 0 aliphatic carbocycles. The van der Waals surface area contributed by atoms with Gasteiger partial charge in [-0.1, -0.05) is 28.1 Å². The van der Waals surface area contributed by atoms with Crippen LogP contribution in [0.4, 0.5) is 0 Å². The summed E-state index contributed by atoms with van der Waals surface area (Å²) in [5.74, 6) is 1.07. The van der Waals surface area contributed by atoms with Gasteiger partial charge in [0.25, 0.3) is 0 Å². The fourth-order valence-corrected chi connectivity index (χ4v) is 3.51. The second kappa shape index (κ2) is 6.29. The lowest BCUT2D eigenvalue weighted by Crippen LogP contribution is -2.10. The van der Waals surface area contributed by atoms with Gasteiger partial charge >= 0.3 is 0 Å². The van der Waals surface area contributed by atoms with Crippen LogP contribution in [0.2, 0.25) is 0 Å². The molecule has 2 aromatic heterocycles. The Bertz CT molecular complexity index is 661. The van der Waals surface area contributed by atoms with Gasteiger partial charge < -0.3 is 0 Å². The zero-order chi connectivity index (χ0) is 13.9. The Kier molecular flexibility index (Phi) is 4.44. The highest BCUT2D eigenvalue weighted by molar-refractivity contribution is 9.10. The summed E-state index contributed by atoms with van der Waals surface area (Å²) in [5, 5.41) is 2.05. The number of hydrogen-bond acceptors (Lipinski definition) is 2. The van der Waals surface area contributed by atoms with Crippen molar-refractivity contribution in [1.29, 1.82) is 0 Å². The molecule has 1 unspecified atom stereocenters. The van der Waals surface area contributed by atoms with Crippen molar-refractivity contribution in [3.63, 3.8) is 0 Å². The van der Waals surface area contributed by atoms with Crippen LogP contribution in [-0.4, -0.2) is 15.3 Å². The summed E-state index contributed by atoms with van der Waals surface area (Å²) in [6.07, 6.45) is 6.06. The quantitative estimate of drug-likeness (QED) is 0.591. The third-order valence-corrected chi connectivity index (χ3v) is 5.03. The number of fused-ring (bicyclic) bond motifs is 1. The fraction of sp³-hybridized carbons (Fsp3) is 0.267. The number of alkyl halides is 1. The number of benzene rings is 1. The minimum absolute atomic E-state index is 0.419. The van der Waals surface area contributed by atoms with E-state index < -0.39 is 0 Å². The average Bonchev–Trinajstić information content (AvgIpc) is 3.01. The summed E-state index contributed by atoms with van der Waals surface area (Å²) >= 11 is 11.3. The molecule has 1 aromatic carbocycles. The van der Waals surface area contributed by atoms with Crippen molar-refractivity contribution in [2.45, 2.75) is 12.8 Å². The molecule has 0 fully saturated rings. The SMILES string of the molecule is ClCC(Cc1ccc(Br)cc1)Cc1cn2ccsc2n1. The van der Waals surface area contributed by atoms with Gasteiger partial charge in [-0.15, -0.1) is 22.9 Å². The standard InChI is InChI=1S/C15H14BrClN2S/c16-13-3-1-11(2-4-13)7-12(9-17)8-14-10-19-5-6-20-15(19)18-14/h1-6,10,12H,7-9H2. The van der Waals surface area contributed by atoms with Crippen molar-refractivity contribution in [1.82, 2.24) is 9.38 Å². The van der Waals surface area contributed by atoms with Crippen molar-refractivity contribution in [2.75, 3.05) is 5.88 Å². The summed E-state index contributed by atoms with van der Waals surface area (Å²) in [6, 6.07) is 8.45. The average molecular weight is 370 g/mol. The van der Waals surface area contributed by atoms with Crippen LogP contribution in [-0.2, 0) is 12.8 Å². The van der Waals surface area contributed by atoms with Gasteiger partial charge in [-0.25, -0.2) is 4.98 Å². The molecule has 0 bridgehead atoms. The molecule has 0 aliphatic rings. The molecule has 104 valence electrons. The molecule has 3 aromatic rings. The molecule has 0 aliphatic heterocycles. The molecule has 0 saturated carbocycles. The van der Waals surface area contributed by atoms with E-state index in [0.717, 1.165) is 28.0 Å². The van der Waals surface area contributed by atoms with E-state index in [1.807, 2.05) is 11.6 Å². The van der Waals surface area contributed by atoms with Gasteiger partial charge in [0.1, 0.15) is 0 Å². The molecule has 0 N–H and O–H groups in total. The van der Waals surface area contributed by atoms with Gasteiger partial charge in [-0.3, -0.25) is 4.40 Å². The second-order valence-corrected chi connectivity index (χ2v) is 6.98. The molecule has 1 atom stereocenters. The summed E-state index contributed by atoms with van der Waals surface area (Å²) in [4.78, 5) is 5.68. The number of rotatable bonds is 5. The first kappa shape index (κ1) is 14.1. The predicted octanol–water partition coefficient (Wildman–Crippen LogP) is 4.80. The number of aromatic nitrogens is 2. The van der Waals surface area contributed by atoms with E-state index in [9.17, 15) is 0 Å². The maximum atomic E-state index is 6.13. The van der Waals surface area contributed by atoms with E-state index in [0.29, 0.717) is 11.8 Å². The van der Waals surface area contributed by atoms with Crippen LogP contribution in [0.15, 0.2) is 46.5 Å². The first-order valence-corrected chi connectivity index (χ1v) is 8.67. The number of thiazole rings is 1. The molecule has 0 spiro atoms. The fourth-order valence-electron chi connectivity index (χ4n) is 2.31. The van der Waals surface area contributed by atoms with Gasteiger partial charge in [-0.2, -0.15) is 0 Å². The maximum absolute atomic E-state index is 6.13. The number of halogens is 2. The van der Waals surface area contributed by atoms with Crippen LogP contribution in [0.3, 0.4) is 0 Å². The van der Waals surface area contributed by atoms with Gasteiger partial charge in [0.15, 0.2) is 4.96 Å². The van der Waals surface area contributed by atoms with Gasteiger partial charge in [-0.05, 0) is 36.5 Å². The molecular weight excluding hydrogens is 356 g/mol. The molecule has 5 heteroatoms. The first-order valence-electron chi connectivity index (χ1n) is 6.46. The Balaban J connectivity index is 1.70. The highest BCUT2D eigenvalue weighted by Gasteiger charge is 2.12. The van der Waals surface area contributed by atoms with Crippen LogP contribution in [0.25, 0.3) is 4.96 Å². The molecule has 3 rings (SSSR count). The smallest absolute Gasteiger partial charge is 0.193 e. The van der Waals surface area contributed by atoms with E-state index in [1.54, 1.807) is 11.3 Å². The van der Waals surface area contributed by atoms with E-state index in [1.165, 1.54) is 5.56 Å². The highest BCUT2D eigenvalue weighted by Crippen LogP contribution is 2.19. The highest BCUT2D eigenvalue weighted by atomic mass is 79.9. The van der Waals surface area contributed by atoms with Crippen molar-refractivity contribution in [3.05, 3.63) is 57.8 Å². The van der Waals surface area contributed by atoms with E-state index in [-0.39, 0.29) is 0 Å². The minimum atomic E-state index is 0.419. The van der Waals surface area contributed by atoms with E-state index in [4.69, 9.17) is 11.6 Å². The molecule has 0 saturated heterocycles. The third-order valence-electron chi connectivity index (χ3n) is 3.30. The minimum Gasteiger partial charge on any atom is -0.297 e.